The Morgan fingerprint density at radius 3 is 2.57 bits per heavy atom. The van der Waals surface area contributed by atoms with E-state index < -0.39 is 12.3 Å². The van der Waals surface area contributed by atoms with Gasteiger partial charge < -0.3 is 14.4 Å². The second-order valence-corrected chi connectivity index (χ2v) is 7.30. The highest BCUT2D eigenvalue weighted by atomic mass is 16.7. The molecule has 0 N–H and O–H groups in total. The van der Waals surface area contributed by atoms with Crippen molar-refractivity contribution in [1.29, 1.82) is 0 Å². The Kier molecular flexibility index (Phi) is 3.83. The number of esters is 1. The van der Waals surface area contributed by atoms with Gasteiger partial charge in [-0.2, -0.15) is 0 Å². The first-order valence-electron chi connectivity index (χ1n) is 9.35. The summed E-state index contributed by atoms with van der Waals surface area (Å²) in [5.41, 5.74) is 4.42. The average Bonchev–Trinajstić information content (AvgIpc) is 3.31. The molecule has 1 aliphatic carbocycles. The molecule has 28 heavy (non-hydrogen) atoms. The minimum atomic E-state index is -0.777. The van der Waals surface area contributed by atoms with Crippen LogP contribution in [0.4, 0.5) is 5.69 Å². The number of nitrogens with zero attached hydrogens (tertiary/aromatic N) is 1. The second kappa shape index (κ2) is 6.37. The van der Waals surface area contributed by atoms with E-state index in [2.05, 4.69) is 12.1 Å². The number of anilines is 1. The largest absolute Gasteiger partial charge is 0.458 e. The number of carbonyl (C=O) groups is 2. The molecule has 2 aromatic rings. The van der Waals surface area contributed by atoms with E-state index in [1.165, 1.54) is 17.4 Å². The topological polar surface area (TPSA) is 55.8 Å². The summed E-state index contributed by atoms with van der Waals surface area (Å²) in [7, 11) is 0. The van der Waals surface area contributed by atoms with Crippen molar-refractivity contribution >= 4 is 17.6 Å². The number of hydrogen-bond donors (Lipinski definition) is 0. The van der Waals surface area contributed by atoms with E-state index in [1.807, 2.05) is 47.4 Å². The molecule has 0 bridgehead atoms. The fraction of sp³-hybridized carbons (Fsp3) is 0.217. The maximum absolute atomic E-state index is 13.3. The second-order valence-electron chi connectivity index (χ2n) is 7.30. The molecule has 140 valence electrons. The van der Waals surface area contributed by atoms with Crippen LogP contribution < -0.4 is 4.90 Å². The van der Waals surface area contributed by atoms with Crippen LogP contribution in [0.2, 0.25) is 0 Å². The van der Waals surface area contributed by atoms with Crippen LogP contribution in [0.3, 0.4) is 0 Å². The maximum Gasteiger partial charge on any atom is 0.336 e. The zero-order valence-electron chi connectivity index (χ0n) is 15.4. The lowest BCUT2D eigenvalue weighted by molar-refractivity contribution is -0.152. The normalized spacial score (nSPS) is 26.9. The summed E-state index contributed by atoms with van der Waals surface area (Å²) in [6, 6.07) is 17.9. The minimum absolute atomic E-state index is 0.00675. The quantitative estimate of drug-likeness (QED) is 0.468. The highest BCUT2D eigenvalue weighted by molar-refractivity contribution is 6.10. The van der Waals surface area contributed by atoms with Crippen molar-refractivity contribution in [2.45, 2.75) is 25.7 Å². The van der Waals surface area contributed by atoms with Crippen molar-refractivity contribution < 1.29 is 19.1 Å². The first kappa shape index (κ1) is 16.8. The number of rotatable bonds is 3. The zero-order chi connectivity index (χ0) is 19.3. The molecule has 5 heteroatoms. The third-order valence-corrected chi connectivity index (χ3v) is 5.63. The van der Waals surface area contributed by atoms with Crippen LogP contribution in [-0.2, 0) is 25.5 Å². The molecule has 3 aliphatic rings. The van der Waals surface area contributed by atoms with E-state index >= 15 is 0 Å². The molecule has 1 amide bonds. The van der Waals surface area contributed by atoms with Crippen molar-refractivity contribution in [1.82, 2.24) is 0 Å². The molecule has 1 fully saturated rings. The molecule has 3 atom stereocenters. The number of hydrogen-bond acceptors (Lipinski definition) is 4. The van der Waals surface area contributed by atoms with E-state index in [0.717, 1.165) is 12.1 Å². The number of cyclic esters (lactones) is 1. The molecule has 2 aliphatic heterocycles. The Hall–Kier alpha value is -3.34. The van der Waals surface area contributed by atoms with Gasteiger partial charge in [0.15, 0.2) is 0 Å². The lowest BCUT2D eigenvalue weighted by atomic mass is 9.97. The maximum atomic E-state index is 13.3. The van der Waals surface area contributed by atoms with Crippen LogP contribution in [0.5, 0.6) is 0 Å². The van der Waals surface area contributed by atoms with Gasteiger partial charge in [0.1, 0.15) is 0 Å². The van der Waals surface area contributed by atoms with E-state index in [1.54, 1.807) is 13.0 Å². The minimum Gasteiger partial charge on any atom is -0.458 e. The first-order valence-corrected chi connectivity index (χ1v) is 9.35. The molecule has 0 spiro atoms. The van der Waals surface area contributed by atoms with Gasteiger partial charge in [0.25, 0.3) is 12.2 Å². The summed E-state index contributed by atoms with van der Waals surface area (Å²) >= 11 is 0. The molecular weight excluding hydrogens is 354 g/mol. The third-order valence-electron chi connectivity index (χ3n) is 5.63. The zero-order valence-corrected chi connectivity index (χ0v) is 15.4. The Labute approximate surface area is 162 Å². The highest BCUT2D eigenvalue weighted by Crippen LogP contribution is 2.51. The van der Waals surface area contributed by atoms with Gasteiger partial charge in [-0.1, -0.05) is 42.5 Å². The van der Waals surface area contributed by atoms with Gasteiger partial charge in [0.2, 0.25) is 0 Å². The van der Waals surface area contributed by atoms with Crippen LogP contribution in [0.1, 0.15) is 24.1 Å². The van der Waals surface area contributed by atoms with Crippen molar-refractivity contribution in [2.24, 2.45) is 5.92 Å². The van der Waals surface area contributed by atoms with Crippen LogP contribution in [0.25, 0.3) is 0 Å². The fourth-order valence-electron chi connectivity index (χ4n) is 4.31. The van der Waals surface area contributed by atoms with Gasteiger partial charge in [-0.05, 0) is 36.6 Å². The van der Waals surface area contributed by atoms with Crippen molar-refractivity contribution in [3.63, 3.8) is 0 Å². The molecule has 0 saturated carbocycles. The van der Waals surface area contributed by atoms with Gasteiger partial charge in [0, 0.05) is 23.3 Å². The summed E-state index contributed by atoms with van der Waals surface area (Å²) in [5, 5.41) is 0. The predicted octanol–water partition coefficient (Wildman–Crippen LogP) is 3.68. The summed E-state index contributed by atoms with van der Waals surface area (Å²) in [5.74, 6) is -0.453. The summed E-state index contributed by atoms with van der Waals surface area (Å²) in [6.45, 7) is 1.68. The van der Waals surface area contributed by atoms with E-state index in [-0.39, 0.29) is 17.9 Å². The van der Waals surface area contributed by atoms with Crippen LogP contribution in [0.15, 0.2) is 78.1 Å². The molecule has 2 aromatic carbocycles. The first-order chi connectivity index (χ1) is 13.6. The molecule has 0 radical (unpaired) electrons. The number of para-hydroxylation sites is 1. The van der Waals surface area contributed by atoms with Gasteiger partial charge in [-0.15, -0.1) is 0 Å². The monoisotopic (exact) mass is 373 g/mol. The van der Waals surface area contributed by atoms with Gasteiger partial charge in [-0.25, -0.2) is 4.79 Å². The molecule has 0 aromatic heterocycles. The lowest BCUT2D eigenvalue weighted by Crippen LogP contribution is -2.27. The Bertz CT molecular complexity index is 1020. The van der Waals surface area contributed by atoms with Gasteiger partial charge in [-0.3, -0.25) is 4.79 Å². The lowest BCUT2D eigenvalue weighted by Gasteiger charge is -2.24. The molecule has 3 unspecified atom stereocenters. The Morgan fingerprint density at radius 2 is 1.82 bits per heavy atom. The SMILES string of the molecule is CC1=CC(O/C=C2/C(=O)N(c3ccccc3)C3c4ccccc4CC23)OC1=O. The molecule has 5 nitrogen and oxygen atoms in total. The number of ether oxygens (including phenoxy) is 2. The van der Waals surface area contributed by atoms with Crippen LogP contribution >= 0.6 is 0 Å². The summed E-state index contributed by atoms with van der Waals surface area (Å²) in [4.78, 5) is 26.7. The van der Waals surface area contributed by atoms with E-state index in [9.17, 15) is 9.59 Å². The molecule has 2 heterocycles. The summed E-state index contributed by atoms with van der Waals surface area (Å²) < 4.78 is 10.8. The summed E-state index contributed by atoms with van der Waals surface area (Å²) in [6.07, 6.45) is 3.11. The predicted molar refractivity (Wildman–Crippen MR) is 103 cm³/mol. The number of fused-ring (bicyclic) bond motifs is 3. The van der Waals surface area contributed by atoms with Crippen molar-refractivity contribution in [3.8, 4) is 0 Å². The van der Waals surface area contributed by atoms with Gasteiger partial charge >= 0.3 is 5.97 Å². The van der Waals surface area contributed by atoms with Crippen LogP contribution in [0, 0.1) is 5.92 Å². The van der Waals surface area contributed by atoms with Gasteiger partial charge in [0.05, 0.1) is 17.9 Å². The Morgan fingerprint density at radius 1 is 1.07 bits per heavy atom. The number of carbonyl (C=O) groups excluding carboxylic acids is 2. The van der Waals surface area contributed by atoms with Crippen LogP contribution in [-0.4, -0.2) is 18.2 Å². The number of benzene rings is 2. The average molecular weight is 373 g/mol. The third kappa shape index (κ3) is 2.54. The van der Waals surface area contributed by atoms with Crippen molar-refractivity contribution in [3.05, 3.63) is 89.2 Å². The number of amides is 1. The molecule has 5 rings (SSSR count). The molecule has 1 saturated heterocycles. The fourth-order valence-corrected chi connectivity index (χ4v) is 4.31. The van der Waals surface area contributed by atoms with Crippen molar-refractivity contribution in [2.75, 3.05) is 4.90 Å². The smallest absolute Gasteiger partial charge is 0.336 e. The highest BCUT2D eigenvalue weighted by Gasteiger charge is 2.50. The standard InChI is InChI=1S/C23H19NO4/c1-14-11-20(28-23(14)26)27-13-19-18-12-15-7-5-6-10-17(15)21(18)24(22(19)25)16-8-3-2-4-9-16/h2-11,13,18,20-21H,12H2,1H3/b19-13+. The molecular formula is C23H19NO4. The Balaban J connectivity index is 1.52. The van der Waals surface area contributed by atoms with E-state index in [4.69, 9.17) is 9.47 Å². The van der Waals surface area contributed by atoms with E-state index in [0.29, 0.717) is 11.1 Å².